The fraction of sp³-hybridized carbons (Fsp3) is 0.300. The minimum Gasteiger partial charge on any atom is -0.443 e. The molecular formula is C20H20N4O2. The van der Waals surface area contributed by atoms with Crippen molar-refractivity contribution in [3.8, 4) is 0 Å². The highest BCUT2D eigenvalue weighted by molar-refractivity contribution is 5.94. The number of benzene rings is 1. The lowest BCUT2D eigenvalue weighted by Gasteiger charge is -2.33. The molecule has 1 saturated heterocycles. The highest BCUT2D eigenvalue weighted by Gasteiger charge is 2.32. The number of piperidine rings is 1. The van der Waals surface area contributed by atoms with Crippen LogP contribution in [0.4, 0.5) is 0 Å². The molecule has 0 unspecified atom stereocenters. The quantitative estimate of drug-likeness (QED) is 0.722. The van der Waals surface area contributed by atoms with Gasteiger partial charge in [0.25, 0.3) is 5.91 Å². The molecule has 4 rings (SSSR count). The number of aromatic nitrogens is 3. The normalized spacial score (nSPS) is 17.2. The van der Waals surface area contributed by atoms with Gasteiger partial charge in [-0.1, -0.05) is 30.3 Å². The second kappa shape index (κ2) is 7.47. The van der Waals surface area contributed by atoms with Crippen molar-refractivity contribution >= 4 is 5.91 Å². The summed E-state index contributed by atoms with van der Waals surface area (Å²) in [6, 6.07) is 11.7. The number of nitrogens with zero attached hydrogens (tertiary/aromatic N) is 4. The average molecular weight is 348 g/mol. The van der Waals surface area contributed by atoms with Gasteiger partial charge in [0.15, 0.2) is 0 Å². The summed E-state index contributed by atoms with van der Waals surface area (Å²) >= 11 is 0. The molecule has 0 N–H and O–H groups in total. The lowest BCUT2D eigenvalue weighted by atomic mass is 10.0. The number of hydrogen-bond acceptors (Lipinski definition) is 5. The minimum atomic E-state index is -0.131. The van der Waals surface area contributed by atoms with E-state index >= 15 is 0 Å². The number of likely N-dealkylation sites (tertiary alicyclic amines) is 1. The number of rotatable bonds is 4. The summed E-state index contributed by atoms with van der Waals surface area (Å²) in [6.45, 7) is 0.697. The van der Waals surface area contributed by atoms with E-state index in [1.54, 1.807) is 12.3 Å². The van der Waals surface area contributed by atoms with Crippen LogP contribution in [0.1, 0.15) is 52.9 Å². The van der Waals surface area contributed by atoms with E-state index in [1.807, 2.05) is 23.1 Å². The van der Waals surface area contributed by atoms with E-state index in [1.165, 1.54) is 18.0 Å². The van der Waals surface area contributed by atoms with Crippen molar-refractivity contribution in [3.05, 3.63) is 77.8 Å². The molecule has 0 spiro atoms. The highest BCUT2D eigenvalue weighted by Crippen LogP contribution is 2.32. The van der Waals surface area contributed by atoms with Gasteiger partial charge in [-0.2, -0.15) is 10.2 Å². The van der Waals surface area contributed by atoms with E-state index in [-0.39, 0.29) is 11.9 Å². The minimum absolute atomic E-state index is 0.0487. The van der Waals surface area contributed by atoms with Crippen LogP contribution in [0.5, 0.6) is 0 Å². The molecular weight excluding hydrogens is 328 g/mol. The molecule has 6 nitrogen and oxygen atoms in total. The molecule has 1 atom stereocenters. The lowest BCUT2D eigenvalue weighted by molar-refractivity contribution is 0.0569. The van der Waals surface area contributed by atoms with Crippen molar-refractivity contribution in [2.24, 2.45) is 0 Å². The van der Waals surface area contributed by atoms with Gasteiger partial charge >= 0.3 is 0 Å². The van der Waals surface area contributed by atoms with Crippen LogP contribution < -0.4 is 0 Å². The van der Waals surface area contributed by atoms with Crippen molar-refractivity contribution in [2.45, 2.75) is 31.7 Å². The number of carbonyl (C=O) groups is 1. The first-order valence-corrected chi connectivity index (χ1v) is 8.87. The van der Waals surface area contributed by atoms with E-state index in [0.29, 0.717) is 24.4 Å². The fourth-order valence-corrected chi connectivity index (χ4v) is 3.37. The number of carbonyl (C=O) groups excluding carboxylic acids is 1. The Kier molecular flexibility index (Phi) is 4.73. The predicted octanol–water partition coefficient (Wildman–Crippen LogP) is 3.42. The second-order valence-electron chi connectivity index (χ2n) is 6.47. The average Bonchev–Trinajstić information content (AvgIpc) is 3.17. The van der Waals surface area contributed by atoms with Gasteiger partial charge in [-0.05, 0) is 30.9 Å². The Morgan fingerprint density at radius 1 is 1.12 bits per heavy atom. The van der Waals surface area contributed by atoms with E-state index < -0.39 is 0 Å². The standard InChI is InChI=1S/C20H20N4O2/c25-20(16-9-10-22-23-13-16)24-11-5-4-8-18(24)19-21-14-17(26-19)12-15-6-2-1-3-7-15/h1-3,6-7,9-10,13-14,18H,4-5,8,11-12H2/t18-/m0/s1. The molecule has 0 aliphatic carbocycles. The maximum Gasteiger partial charge on any atom is 0.256 e. The molecule has 1 aromatic carbocycles. The Hall–Kier alpha value is -3.02. The molecule has 132 valence electrons. The molecule has 2 aromatic heterocycles. The van der Waals surface area contributed by atoms with E-state index in [0.717, 1.165) is 25.0 Å². The van der Waals surface area contributed by atoms with Crippen molar-refractivity contribution < 1.29 is 9.21 Å². The molecule has 1 amide bonds. The monoisotopic (exact) mass is 348 g/mol. The van der Waals surface area contributed by atoms with Gasteiger partial charge in [-0.3, -0.25) is 4.79 Å². The van der Waals surface area contributed by atoms with Gasteiger partial charge in [0.05, 0.1) is 24.2 Å². The molecule has 0 saturated carbocycles. The number of hydrogen-bond donors (Lipinski definition) is 0. The van der Waals surface area contributed by atoms with Gasteiger partial charge in [0.2, 0.25) is 5.89 Å². The van der Waals surface area contributed by atoms with Crippen molar-refractivity contribution in [3.63, 3.8) is 0 Å². The third-order valence-corrected chi connectivity index (χ3v) is 4.67. The first-order valence-electron chi connectivity index (χ1n) is 8.87. The topological polar surface area (TPSA) is 72.1 Å². The van der Waals surface area contributed by atoms with Crippen LogP contribution in [0, 0.1) is 0 Å². The first kappa shape index (κ1) is 16.4. The molecule has 3 heterocycles. The molecule has 26 heavy (non-hydrogen) atoms. The molecule has 3 aromatic rings. The summed E-state index contributed by atoms with van der Waals surface area (Å²) in [5, 5.41) is 7.55. The SMILES string of the molecule is O=C(c1ccnnc1)N1CCCC[C@H]1c1ncc(Cc2ccccc2)o1. The zero-order valence-electron chi connectivity index (χ0n) is 14.4. The molecule has 1 aliphatic heterocycles. The zero-order valence-corrected chi connectivity index (χ0v) is 14.4. The third-order valence-electron chi connectivity index (χ3n) is 4.67. The van der Waals surface area contributed by atoms with E-state index in [2.05, 4.69) is 27.3 Å². The summed E-state index contributed by atoms with van der Waals surface area (Å²) in [5.41, 5.74) is 1.72. The zero-order chi connectivity index (χ0) is 17.8. The summed E-state index contributed by atoms with van der Waals surface area (Å²) in [6.07, 6.45) is 8.41. The second-order valence-corrected chi connectivity index (χ2v) is 6.47. The van der Waals surface area contributed by atoms with Gasteiger partial charge in [-0.15, -0.1) is 0 Å². The van der Waals surface area contributed by atoms with Crippen LogP contribution >= 0.6 is 0 Å². The van der Waals surface area contributed by atoms with Crippen LogP contribution in [-0.2, 0) is 6.42 Å². The Morgan fingerprint density at radius 3 is 2.81 bits per heavy atom. The lowest BCUT2D eigenvalue weighted by Crippen LogP contribution is -2.38. The third kappa shape index (κ3) is 3.49. The summed E-state index contributed by atoms with van der Waals surface area (Å²) in [5.74, 6) is 1.38. The maximum absolute atomic E-state index is 12.9. The van der Waals surface area contributed by atoms with Crippen LogP contribution in [-0.4, -0.2) is 32.5 Å². The summed E-state index contributed by atoms with van der Waals surface area (Å²) in [7, 11) is 0. The molecule has 1 fully saturated rings. The molecule has 1 aliphatic rings. The summed E-state index contributed by atoms with van der Waals surface area (Å²) in [4.78, 5) is 19.2. The van der Waals surface area contributed by atoms with Crippen LogP contribution in [0.15, 0.2) is 59.4 Å². The number of amides is 1. The van der Waals surface area contributed by atoms with Crippen LogP contribution in [0.25, 0.3) is 0 Å². The van der Waals surface area contributed by atoms with Gasteiger partial charge in [-0.25, -0.2) is 4.98 Å². The Balaban J connectivity index is 1.54. The van der Waals surface area contributed by atoms with Crippen molar-refractivity contribution in [1.82, 2.24) is 20.1 Å². The highest BCUT2D eigenvalue weighted by atomic mass is 16.4. The van der Waals surface area contributed by atoms with Crippen molar-refractivity contribution in [2.75, 3.05) is 6.54 Å². The Morgan fingerprint density at radius 2 is 2.00 bits per heavy atom. The Labute approximate surface area is 151 Å². The summed E-state index contributed by atoms with van der Waals surface area (Å²) < 4.78 is 6.01. The smallest absolute Gasteiger partial charge is 0.256 e. The van der Waals surface area contributed by atoms with E-state index in [9.17, 15) is 4.79 Å². The molecule has 0 bridgehead atoms. The van der Waals surface area contributed by atoms with Gasteiger partial charge < -0.3 is 9.32 Å². The maximum atomic E-state index is 12.9. The first-order chi connectivity index (χ1) is 12.8. The predicted molar refractivity (Wildman–Crippen MR) is 95.4 cm³/mol. The van der Waals surface area contributed by atoms with E-state index in [4.69, 9.17) is 4.42 Å². The largest absolute Gasteiger partial charge is 0.443 e. The Bertz CT molecular complexity index is 864. The molecule has 0 radical (unpaired) electrons. The number of oxazole rings is 1. The van der Waals surface area contributed by atoms with Gasteiger partial charge in [0.1, 0.15) is 11.8 Å². The molecule has 6 heteroatoms. The van der Waals surface area contributed by atoms with Crippen LogP contribution in [0.2, 0.25) is 0 Å². The van der Waals surface area contributed by atoms with Crippen LogP contribution in [0.3, 0.4) is 0 Å². The van der Waals surface area contributed by atoms with Crippen molar-refractivity contribution in [1.29, 1.82) is 0 Å². The fourth-order valence-electron chi connectivity index (χ4n) is 3.37. The van der Waals surface area contributed by atoms with Gasteiger partial charge in [0, 0.05) is 13.0 Å².